The van der Waals surface area contributed by atoms with Crippen molar-refractivity contribution in [1.82, 2.24) is 4.90 Å². The number of amides is 1. The Bertz CT molecular complexity index is 1400. The van der Waals surface area contributed by atoms with Crippen molar-refractivity contribution in [3.8, 4) is 11.5 Å². The number of anilines is 1. The van der Waals surface area contributed by atoms with E-state index in [1.54, 1.807) is 25.2 Å². The van der Waals surface area contributed by atoms with Gasteiger partial charge in [-0.15, -0.1) is 0 Å². The number of Topliss-reactive ketones (excluding diaryl/α,β-unsaturated/α-hetero) is 1. The Morgan fingerprint density at radius 3 is 2.57 bits per heavy atom. The SMILES string of the molecule is COc1ccc(C2Nc3ccccc3C(=O)N2Cc2ccco2)cc1COc1ccc(CC(C)=O)cc1. The van der Waals surface area contributed by atoms with Crippen LogP contribution in [0.3, 0.4) is 0 Å². The molecule has 1 unspecified atom stereocenters. The van der Waals surface area contributed by atoms with Gasteiger partial charge in [0.05, 0.1) is 25.5 Å². The highest BCUT2D eigenvalue weighted by atomic mass is 16.5. The van der Waals surface area contributed by atoms with Crippen LogP contribution in [0.1, 0.15) is 45.9 Å². The molecule has 188 valence electrons. The number of ether oxygens (including phenoxy) is 2. The van der Waals surface area contributed by atoms with E-state index < -0.39 is 6.17 Å². The first kappa shape index (κ1) is 24.2. The summed E-state index contributed by atoms with van der Waals surface area (Å²) in [6, 6.07) is 24.5. The van der Waals surface area contributed by atoms with Gasteiger partial charge in [0.1, 0.15) is 35.8 Å². The summed E-state index contributed by atoms with van der Waals surface area (Å²) in [5.41, 5.74) is 4.09. The van der Waals surface area contributed by atoms with E-state index in [9.17, 15) is 9.59 Å². The van der Waals surface area contributed by atoms with Crippen molar-refractivity contribution in [2.24, 2.45) is 0 Å². The average Bonchev–Trinajstić information content (AvgIpc) is 3.43. The second-order valence-corrected chi connectivity index (χ2v) is 8.99. The third kappa shape index (κ3) is 5.35. The molecule has 0 aliphatic carbocycles. The Labute approximate surface area is 215 Å². The van der Waals surface area contributed by atoms with Crippen molar-refractivity contribution in [2.45, 2.75) is 32.7 Å². The van der Waals surface area contributed by atoms with Crippen molar-refractivity contribution in [1.29, 1.82) is 0 Å². The molecule has 3 aromatic carbocycles. The number of carbonyl (C=O) groups excluding carboxylic acids is 2. The second kappa shape index (κ2) is 10.6. The van der Waals surface area contributed by atoms with Crippen LogP contribution in [0, 0.1) is 0 Å². The molecule has 1 aliphatic rings. The number of carbonyl (C=O) groups is 2. The third-order valence-electron chi connectivity index (χ3n) is 6.32. The number of methoxy groups -OCH3 is 1. The smallest absolute Gasteiger partial charge is 0.258 e. The molecule has 0 saturated carbocycles. The normalized spacial score (nSPS) is 14.6. The molecule has 0 bridgehead atoms. The predicted molar refractivity (Wildman–Crippen MR) is 140 cm³/mol. The fourth-order valence-electron chi connectivity index (χ4n) is 4.52. The molecule has 5 rings (SSSR count). The van der Waals surface area contributed by atoms with E-state index in [1.165, 1.54) is 0 Å². The van der Waals surface area contributed by atoms with Gasteiger partial charge >= 0.3 is 0 Å². The van der Waals surface area contributed by atoms with E-state index >= 15 is 0 Å². The molecular weight excluding hydrogens is 468 g/mol. The molecule has 1 amide bonds. The highest BCUT2D eigenvalue weighted by Crippen LogP contribution is 2.36. The Morgan fingerprint density at radius 1 is 1.03 bits per heavy atom. The van der Waals surface area contributed by atoms with Gasteiger partial charge in [0.25, 0.3) is 5.91 Å². The average molecular weight is 497 g/mol. The number of nitrogens with one attached hydrogen (secondary N) is 1. The highest BCUT2D eigenvalue weighted by molar-refractivity contribution is 6.01. The molecular formula is C30H28N2O5. The monoisotopic (exact) mass is 496 g/mol. The van der Waals surface area contributed by atoms with Crippen LogP contribution < -0.4 is 14.8 Å². The number of para-hydroxylation sites is 1. The van der Waals surface area contributed by atoms with Crippen molar-refractivity contribution < 1.29 is 23.5 Å². The first-order chi connectivity index (χ1) is 18.0. The lowest BCUT2D eigenvalue weighted by molar-refractivity contribution is -0.116. The lowest BCUT2D eigenvalue weighted by atomic mass is 10.0. The highest BCUT2D eigenvalue weighted by Gasteiger charge is 2.33. The van der Waals surface area contributed by atoms with Crippen LogP contribution in [0.4, 0.5) is 5.69 Å². The van der Waals surface area contributed by atoms with Crippen LogP contribution >= 0.6 is 0 Å². The van der Waals surface area contributed by atoms with Crippen LogP contribution in [0.5, 0.6) is 11.5 Å². The summed E-state index contributed by atoms with van der Waals surface area (Å²) in [6.45, 7) is 2.17. The third-order valence-corrected chi connectivity index (χ3v) is 6.32. The van der Waals surface area contributed by atoms with Crippen LogP contribution in [0.2, 0.25) is 0 Å². The van der Waals surface area contributed by atoms with E-state index in [0.29, 0.717) is 35.8 Å². The van der Waals surface area contributed by atoms with Crippen LogP contribution in [0.25, 0.3) is 0 Å². The molecule has 0 saturated heterocycles. The molecule has 0 spiro atoms. The van der Waals surface area contributed by atoms with E-state index in [1.807, 2.05) is 78.9 Å². The molecule has 1 N–H and O–H groups in total. The molecule has 37 heavy (non-hydrogen) atoms. The van der Waals surface area contributed by atoms with E-state index in [-0.39, 0.29) is 18.3 Å². The lowest BCUT2D eigenvalue weighted by Crippen LogP contribution is -2.42. The molecule has 1 atom stereocenters. The zero-order valence-corrected chi connectivity index (χ0v) is 20.8. The summed E-state index contributed by atoms with van der Waals surface area (Å²) in [5, 5.41) is 3.52. The van der Waals surface area contributed by atoms with Gasteiger partial charge in [-0.05, 0) is 66.6 Å². The molecule has 4 aromatic rings. The summed E-state index contributed by atoms with van der Waals surface area (Å²) in [7, 11) is 1.62. The zero-order valence-electron chi connectivity index (χ0n) is 20.8. The second-order valence-electron chi connectivity index (χ2n) is 8.99. The molecule has 2 heterocycles. The maximum atomic E-state index is 13.5. The summed E-state index contributed by atoms with van der Waals surface area (Å²) < 4.78 is 17.2. The quantitative estimate of drug-likeness (QED) is 0.317. The van der Waals surface area contributed by atoms with Crippen LogP contribution in [-0.2, 0) is 24.4 Å². The number of furan rings is 1. The number of nitrogens with zero attached hydrogens (tertiary/aromatic N) is 1. The molecule has 1 aromatic heterocycles. The Balaban J connectivity index is 1.42. The zero-order chi connectivity index (χ0) is 25.8. The van der Waals surface area contributed by atoms with Crippen molar-refractivity contribution in [3.05, 3.63) is 113 Å². The molecule has 1 aliphatic heterocycles. The van der Waals surface area contributed by atoms with Crippen LogP contribution in [0.15, 0.2) is 89.5 Å². The van der Waals surface area contributed by atoms with Gasteiger partial charge in [-0.1, -0.05) is 30.3 Å². The van der Waals surface area contributed by atoms with Gasteiger partial charge in [-0.3, -0.25) is 9.59 Å². The maximum absolute atomic E-state index is 13.5. The number of ketones is 1. The number of rotatable bonds is 9. The van der Waals surface area contributed by atoms with Crippen LogP contribution in [-0.4, -0.2) is 23.7 Å². The molecule has 0 fully saturated rings. The Morgan fingerprint density at radius 2 is 1.84 bits per heavy atom. The van der Waals surface area contributed by atoms with E-state index in [2.05, 4.69) is 5.32 Å². The first-order valence-corrected chi connectivity index (χ1v) is 12.1. The number of benzene rings is 3. The number of fused-ring (bicyclic) bond motifs is 1. The maximum Gasteiger partial charge on any atom is 0.258 e. The van der Waals surface area contributed by atoms with Gasteiger partial charge in [0.2, 0.25) is 0 Å². The van der Waals surface area contributed by atoms with E-state index in [4.69, 9.17) is 13.9 Å². The largest absolute Gasteiger partial charge is 0.496 e. The Kier molecular flexibility index (Phi) is 6.94. The minimum atomic E-state index is -0.414. The summed E-state index contributed by atoms with van der Waals surface area (Å²) in [4.78, 5) is 26.6. The minimum absolute atomic E-state index is 0.0741. The van der Waals surface area contributed by atoms with Crippen molar-refractivity contribution >= 4 is 17.4 Å². The number of hydrogen-bond donors (Lipinski definition) is 1. The van der Waals surface area contributed by atoms with Crippen molar-refractivity contribution in [3.63, 3.8) is 0 Å². The van der Waals surface area contributed by atoms with Gasteiger partial charge in [0.15, 0.2) is 0 Å². The van der Waals surface area contributed by atoms with E-state index in [0.717, 1.165) is 22.4 Å². The van der Waals surface area contributed by atoms with Gasteiger partial charge in [0, 0.05) is 17.7 Å². The van der Waals surface area contributed by atoms with Gasteiger partial charge < -0.3 is 24.1 Å². The number of hydrogen-bond acceptors (Lipinski definition) is 6. The Hall–Kier alpha value is -4.52. The fourth-order valence-corrected chi connectivity index (χ4v) is 4.52. The predicted octanol–water partition coefficient (Wildman–Crippen LogP) is 5.77. The fraction of sp³-hybridized carbons (Fsp3) is 0.200. The molecule has 7 nitrogen and oxygen atoms in total. The molecule has 0 radical (unpaired) electrons. The summed E-state index contributed by atoms with van der Waals surface area (Å²) in [5.74, 6) is 2.13. The van der Waals surface area contributed by atoms with Gasteiger partial charge in [-0.2, -0.15) is 0 Å². The standard InChI is InChI=1S/C30H28N2O5/c1-20(33)16-21-9-12-24(13-10-21)37-19-23-17-22(11-14-28(23)35-2)29-31-27-8-4-3-7-26(27)30(34)32(29)18-25-6-5-15-36-25/h3-15,17,29,31H,16,18-19H2,1-2H3. The topological polar surface area (TPSA) is 81.0 Å². The summed E-state index contributed by atoms with van der Waals surface area (Å²) >= 11 is 0. The molecule has 7 heteroatoms. The van der Waals surface area contributed by atoms with Gasteiger partial charge in [-0.25, -0.2) is 0 Å². The first-order valence-electron chi connectivity index (χ1n) is 12.1. The summed E-state index contributed by atoms with van der Waals surface area (Å²) in [6.07, 6.45) is 1.60. The minimum Gasteiger partial charge on any atom is -0.496 e. The lowest BCUT2D eigenvalue weighted by Gasteiger charge is -2.38. The van der Waals surface area contributed by atoms with Crippen molar-refractivity contribution in [2.75, 3.05) is 12.4 Å².